The summed E-state index contributed by atoms with van der Waals surface area (Å²) in [6.07, 6.45) is 1.90. The number of carbonyl (C=O) groups is 1. The quantitative estimate of drug-likeness (QED) is 0.467. The van der Waals surface area contributed by atoms with Crippen LogP contribution in [0.1, 0.15) is 6.92 Å². The van der Waals surface area contributed by atoms with E-state index < -0.39 is 0 Å². The van der Waals surface area contributed by atoms with E-state index in [4.69, 9.17) is 5.73 Å². The normalized spacial score (nSPS) is 45.5. The van der Waals surface area contributed by atoms with Gasteiger partial charge in [-0.15, -0.1) is 18.3 Å². The fourth-order valence-electron chi connectivity index (χ4n) is 1.62. The van der Waals surface area contributed by atoms with E-state index in [0.717, 1.165) is 6.54 Å². The molecule has 3 nitrogen and oxygen atoms in total. The van der Waals surface area contributed by atoms with Crippen LogP contribution in [0.3, 0.4) is 0 Å². The summed E-state index contributed by atoms with van der Waals surface area (Å²) < 4.78 is 0.00838. The van der Waals surface area contributed by atoms with Gasteiger partial charge in [-0.2, -0.15) is 0 Å². The van der Waals surface area contributed by atoms with Crippen LogP contribution < -0.4 is 5.73 Å². The summed E-state index contributed by atoms with van der Waals surface area (Å²) in [6.45, 7) is 6.61. The second-order valence-corrected chi connectivity index (χ2v) is 5.17. The summed E-state index contributed by atoms with van der Waals surface area (Å²) in [5.74, 6) is 0.0816. The number of nitrogens with two attached hydrogens (primary N) is 1. The fourth-order valence-corrected chi connectivity index (χ4v) is 3.05. The van der Waals surface area contributed by atoms with Crippen molar-refractivity contribution in [2.24, 2.45) is 5.73 Å². The first-order valence-corrected chi connectivity index (χ1v) is 4.83. The molecule has 0 aromatic rings. The van der Waals surface area contributed by atoms with E-state index in [0.29, 0.717) is 0 Å². The third kappa shape index (κ3) is 0.850. The van der Waals surface area contributed by atoms with Crippen molar-refractivity contribution < 1.29 is 4.79 Å². The predicted molar refractivity (Wildman–Crippen MR) is 49.7 cm³/mol. The minimum atomic E-state index is -0.281. The topological polar surface area (TPSA) is 46.3 Å². The van der Waals surface area contributed by atoms with Crippen LogP contribution in [0.15, 0.2) is 12.7 Å². The number of β-lactam (4-membered cyclic amide) rings is 1. The first kappa shape index (κ1) is 8.13. The van der Waals surface area contributed by atoms with Crippen molar-refractivity contribution in [2.45, 2.75) is 23.1 Å². The smallest absolute Gasteiger partial charge is 0.243 e. The Balaban J connectivity index is 2.17. The highest BCUT2D eigenvalue weighted by Crippen LogP contribution is 2.46. The maximum Gasteiger partial charge on any atom is 0.243 e. The molecular formula is C8H12N2OS. The molecule has 0 aromatic carbocycles. The summed E-state index contributed by atoms with van der Waals surface area (Å²) >= 11 is 1.74. The average Bonchev–Trinajstić information content (AvgIpc) is 2.41. The van der Waals surface area contributed by atoms with Gasteiger partial charge in [-0.3, -0.25) is 4.79 Å². The Morgan fingerprint density at radius 3 is 3.08 bits per heavy atom. The molecule has 4 heteroatoms. The molecule has 2 unspecified atom stereocenters. The summed E-state index contributed by atoms with van der Waals surface area (Å²) in [5, 5.41) is 0.195. The first-order chi connectivity index (χ1) is 5.57. The van der Waals surface area contributed by atoms with E-state index in [1.54, 1.807) is 11.8 Å². The molecule has 0 saturated carbocycles. The lowest BCUT2D eigenvalue weighted by atomic mass is 10.1. The Morgan fingerprint density at radius 1 is 1.92 bits per heavy atom. The van der Waals surface area contributed by atoms with Crippen molar-refractivity contribution in [1.82, 2.24) is 4.90 Å². The molecular weight excluding hydrogens is 172 g/mol. The summed E-state index contributed by atoms with van der Waals surface area (Å²) in [5.41, 5.74) is 5.64. The monoisotopic (exact) mass is 184 g/mol. The zero-order valence-electron chi connectivity index (χ0n) is 6.99. The van der Waals surface area contributed by atoms with Gasteiger partial charge < -0.3 is 10.6 Å². The number of carbonyl (C=O) groups excluding carboxylic acids is 1. The number of amides is 1. The molecule has 66 valence electrons. The molecule has 0 aliphatic carbocycles. The molecule has 2 rings (SSSR count). The van der Waals surface area contributed by atoms with E-state index in [9.17, 15) is 4.79 Å². The van der Waals surface area contributed by atoms with Crippen molar-refractivity contribution in [3.63, 3.8) is 0 Å². The molecule has 0 bridgehead atoms. The van der Waals surface area contributed by atoms with Crippen molar-refractivity contribution in [1.29, 1.82) is 0 Å². The van der Waals surface area contributed by atoms with Gasteiger partial charge >= 0.3 is 0 Å². The first-order valence-electron chi connectivity index (χ1n) is 3.95. The largest absolute Gasteiger partial charge is 0.325 e. The number of nitrogens with zero attached hydrogens (tertiary/aromatic N) is 1. The molecule has 2 aliphatic heterocycles. The van der Waals surface area contributed by atoms with E-state index in [1.165, 1.54) is 0 Å². The lowest BCUT2D eigenvalue weighted by molar-refractivity contribution is -0.143. The van der Waals surface area contributed by atoms with Gasteiger partial charge in [-0.05, 0) is 6.92 Å². The average molecular weight is 184 g/mol. The van der Waals surface area contributed by atoms with Crippen LogP contribution in [0.5, 0.6) is 0 Å². The van der Waals surface area contributed by atoms with Gasteiger partial charge in [-0.25, -0.2) is 0 Å². The van der Waals surface area contributed by atoms with Crippen LogP contribution in [-0.4, -0.2) is 33.5 Å². The second-order valence-electron chi connectivity index (χ2n) is 3.52. The Hall–Kier alpha value is -0.480. The zero-order chi connectivity index (χ0) is 8.93. The highest BCUT2D eigenvalue weighted by molar-refractivity contribution is 8.01. The van der Waals surface area contributed by atoms with Gasteiger partial charge in [0.15, 0.2) is 0 Å². The van der Waals surface area contributed by atoms with Crippen LogP contribution in [0.25, 0.3) is 0 Å². The van der Waals surface area contributed by atoms with Crippen LogP contribution in [0, 0.1) is 0 Å². The SMILES string of the molecule is C=CC1(C)CN2C(=O)C(N)[C@@H]2S1. The number of hydrogen-bond acceptors (Lipinski definition) is 3. The van der Waals surface area contributed by atoms with Gasteiger partial charge in [0.1, 0.15) is 11.4 Å². The van der Waals surface area contributed by atoms with Gasteiger partial charge in [0.2, 0.25) is 5.91 Å². The summed E-state index contributed by atoms with van der Waals surface area (Å²) in [4.78, 5) is 13.0. The van der Waals surface area contributed by atoms with Crippen LogP contribution in [-0.2, 0) is 4.79 Å². The van der Waals surface area contributed by atoms with Crippen molar-refractivity contribution in [3.05, 3.63) is 12.7 Å². The molecule has 2 heterocycles. The number of hydrogen-bond donors (Lipinski definition) is 1. The van der Waals surface area contributed by atoms with E-state index >= 15 is 0 Å². The molecule has 1 amide bonds. The number of thioether (sulfide) groups is 1. The minimum Gasteiger partial charge on any atom is -0.325 e. The second kappa shape index (κ2) is 2.26. The van der Waals surface area contributed by atoms with Crippen LogP contribution in [0.2, 0.25) is 0 Å². The maximum atomic E-state index is 11.2. The Labute approximate surface area is 76.0 Å². The molecule has 3 atom stereocenters. The van der Waals surface area contributed by atoms with E-state index in [-0.39, 0.29) is 22.1 Å². The fraction of sp³-hybridized carbons (Fsp3) is 0.625. The van der Waals surface area contributed by atoms with Gasteiger partial charge in [0, 0.05) is 6.54 Å². The molecule has 0 aromatic heterocycles. The molecule has 0 spiro atoms. The maximum absolute atomic E-state index is 11.2. The van der Waals surface area contributed by atoms with Gasteiger partial charge in [0.25, 0.3) is 0 Å². The standard InChI is InChI=1S/C8H12N2OS/c1-3-8(2)4-10-6(11)5(9)7(10)12-8/h3,5,7H,1,4,9H2,2H3/t5?,7-,8?/m0/s1. The summed E-state index contributed by atoms with van der Waals surface area (Å²) in [6, 6.07) is -0.281. The van der Waals surface area contributed by atoms with Crippen molar-refractivity contribution >= 4 is 17.7 Å². The van der Waals surface area contributed by atoms with Crippen molar-refractivity contribution in [3.8, 4) is 0 Å². The molecule has 2 fully saturated rings. The van der Waals surface area contributed by atoms with Gasteiger partial charge in [0.05, 0.1) is 4.75 Å². The molecule has 2 saturated heterocycles. The number of fused-ring (bicyclic) bond motifs is 1. The Bertz CT molecular complexity index is 255. The van der Waals surface area contributed by atoms with Gasteiger partial charge in [-0.1, -0.05) is 6.08 Å². The van der Waals surface area contributed by atoms with Crippen molar-refractivity contribution in [2.75, 3.05) is 6.54 Å². The highest BCUT2D eigenvalue weighted by Gasteiger charge is 2.54. The molecule has 2 N–H and O–H groups in total. The molecule has 0 radical (unpaired) electrons. The third-order valence-corrected chi connectivity index (χ3v) is 4.11. The Morgan fingerprint density at radius 2 is 2.58 bits per heavy atom. The Kier molecular flexibility index (Phi) is 1.53. The van der Waals surface area contributed by atoms with E-state index in [1.807, 2.05) is 11.0 Å². The summed E-state index contributed by atoms with van der Waals surface area (Å²) in [7, 11) is 0. The molecule has 2 aliphatic rings. The lowest BCUT2D eigenvalue weighted by Crippen LogP contribution is -2.64. The number of rotatable bonds is 1. The highest BCUT2D eigenvalue weighted by atomic mass is 32.2. The zero-order valence-corrected chi connectivity index (χ0v) is 7.80. The van der Waals surface area contributed by atoms with Crippen LogP contribution >= 0.6 is 11.8 Å². The predicted octanol–water partition coefficient (Wildman–Crippen LogP) is 0.174. The van der Waals surface area contributed by atoms with Crippen LogP contribution in [0.4, 0.5) is 0 Å². The third-order valence-electron chi connectivity index (χ3n) is 2.49. The lowest BCUT2D eigenvalue weighted by Gasteiger charge is -2.38. The molecule has 12 heavy (non-hydrogen) atoms. The minimum absolute atomic E-state index is 0.00838. The van der Waals surface area contributed by atoms with E-state index in [2.05, 4.69) is 13.5 Å².